The van der Waals surface area contributed by atoms with E-state index in [0.29, 0.717) is 5.56 Å². The van der Waals surface area contributed by atoms with Crippen molar-refractivity contribution in [3.63, 3.8) is 0 Å². The third-order valence-corrected chi connectivity index (χ3v) is 6.48. The monoisotopic (exact) mass is 418 g/mol. The highest BCUT2D eigenvalue weighted by molar-refractivity contribution is 9.10. The van der Waals surface area contributed by atoms with E-state index in [0.717, 1.165) is 17.9 Å². The number of hydrogen-bond acceptors (Lipinski definition) is 5. The molecule has 0 N–H and O–H groups in total. The van der Waals surface area contributed by atoms with Gasteiger partial charge < -0.3 is 4.18 Å². The summed E-state index contributed by atoms with van der Waals surface area (Å²) in [6, 6.07) is 8.99. The molecule has 0 atom stereocenters. The fraction of sp³-hybridized carbons (Fsp3) is 0.200. The van der Waals surface area contributed by atoms with Gasteiger partial charge in [0.05, 0.1) is 4.90 Å². The van der Waals surface area contributed by atoms with Gasteiger partial charge >= 0.3 is 10.1 Å². The summed E-state index contributed by atoms with van der Waals surface area (Å²) in [7, 11) is -7.71. The highest BCUT2D eigenvalue weighted by Gasteiger charge is 2.23. The number of benzene rings is 2. The zero-order valence-corrected chi connectivity index (χ0v) is 15.9. The predicted molar refractivity (Wildman–Crippen MR) is 91.0 cm³/mol. The molecule has 0 unspecified atom stereocenters. The zero-order chi connectivity index (χ0) is 17.4. The average molecular weight is 419 g/mol. The maximum atomic E-state index is 12.5. The van der Waals surface area contributed by atoms with Crippen LogP contribution >= 0.6 is 15.9 Å². The minimum absolute atomic E-state index is 0.0937. The van der Waals surface area contributed by atoms with Crippen molar-refractivity contribution < 1.29 is 21.0 Å². The lowest BCUT2D eigenvalue weighted by Crippen LogP contribution is -2.12. The molecule has 0 heterocycles. The molecule has 0 saturated carbocycles. The molecule has 0 amide bonds. The van der Waals surface area contributed by atoms with Gasteiger partial charge in [-0.05, 0) is 65.2 Å². The Bertz CT molecular complexity index is 963. The molecule has 2 aromatic rings. The normalized spacial score (nSPS) is 12.2. The lowest BCUT2D eigenvalue weighted by Gasteiger charge is -2.12. The van der Waals surface area contributed by atoms with Crippen LogP contribution in [0.5, 0.6) is 5.75 Å². The summed E-state index contributed by atoms with van der Waals surface area (Å²) in [6.45, 7) is 3.55. The van der Waals surface area contributed by atoms with Gasteiger partial charge in [0.1, 0.15) is 10.6 Å². The molecule has 23 heavy (non-hydrogen) atoms. The Kier molecular flexibility index (Phi) is 4.89. The van der Waals surface area contributed by atoms with Gasteiger partial charge in [-0.25, -0.2) is 8.42 Å². The van der Waals surface area contributed by atoms with Crippen molar-refractivity contribution in [3.8, 4) is 5.75 Å². The summed E-state index contributed by atoms with van der Waals surface area (Å²) in [6.07, 6.45) is 1.01. The van der Waals surface area contributed by atoms with Gasteiger partial charge in [0.2, 0.25) is 0 Å². The number of hydrogen-bond donors (Lipinski definition) is 0. The lowest BCUT2D eigenvalue weighted by atomic mass is 10.1. The van der Waals surface area contributed by atoms with Crippen LogP contribution in [-0.4, -0.2) is 23.1 Å². The Morgan fingerprint density at radius 2 is 1.61 bits per heavy atom. The molecule has 0 aliphatic rings. The van der Waals surface area contributed by atoms with Crippen molar-refractivity contribution in [2.75, 3.05) is 6.26 Å². The first kappa shape index (κ1) is 18.0. The molecular weight excluding hydrogens is 404 g/mol. The molecule has 2 rings (SSSR count). The van der Waals surface area contributed by atoms with Gasteiger partial charge in [0.25, 0.3) is 0 Å². The summed E-state index contributed by atoms with van der Waals surface area (Å²) in [4.78, 5) is -0.329. The molecule has 8 heteroatoms. The van der Waals surface area contributed by atoms with Crippen molar-refractivity contribution in [1.82, 2.24) is 0 Å². The van der Waals surface area contributed by atoms with Crippen LogP contribution in [0, 0.1) is 13.8 Å². The zero-order valence-electron chi connectivity index (χ0n) is 12.7. The van der Waals surface area contributed by atoms with Gasteiger partial charge in [-0.3, -0.25) is 0 Å². The summed E-state index contributed by atoms with van der Waals surface area (Å²) >= 11 is 3.13. The molecule has 0 spiro atoms. The first-order chi connectivity index (χ1) is 10.5. The predicted octanol–water partition coefficient (Wildman–Crippen LogP) is 3.24. The van der Waals surface area contributed by atoms with E-state index >= 15 is 0 Å². The third-order valence-electron chi connectivity index (χ3n) is 3.14. The van der Waals surface area contributed by atoms with Crippen LogP contribution in [0.2, 0.25) is 0 Å². The fourth-order valence-corrected chi connectivity index (χ4v) is 4.51. The maximum absolute atomic E-state index is 12.5. The summed E-state index contributed by atoms with van der Waals surface area (Å²) in [5.74, 6) is 0.210. The van der Waals surface area contributed by atoms with Gasteiger partial charge in [-0.2, -0.15) is 8.42 Å². The molecular formula is C15H15BrO5S2. The van der Waals surface area contributed by atoms with Crippen molar-refractivity contribution >= 4 is 35.9 Å². The summed E-state index contributed by atoms with van der Waals surface area (Å²) in [5, 5.41) is 0. The van der Waals surface area contributed by atoms with E-state index in [1.54, 1.807) is 19.1 Å². The Hall–Kier alpha value is -1.38. The minimum atomic E-state index is -4.18. The second-order valence-corrected chi connectivity index (χ2v) is 9.56. The van der Waals surface area contributed by atoms with E-state index in [1.807, 2.05) is 13.0 Å². The topological polar surface area (TPSA) is 77.5 Å². The Labute approximate surface area is 144 Å². The van der Waals surface area contributed by atoms with Crippen LogP contribution in [0.15, 0.2) is 50.7 Å². The number of sulfone groups is 1. The van der Waals surface area contributed by atoms with Gasteiger partial charge in [-0.1, -0.05) is 12.1 Å². The molecule has 124 valence electrons. The molecule has 0 saturated heterocycles. The Morgan fingerprint density at radius 1 is 0.957 bits per heavy atom. The molecule has 0 aliphatic carbocycles. The average Bonchev–Trinajstić information content (AvgIpc) is 2.41. The van der Waals surface area contributed by atoms with Crippen LogP contribution in [-0.2, 0) is 20.0 Å². The van der Waals surface area contributed by atoms with E-state index < -0.39 is 20.0 Å². The Morgan fingerprint density at radius 3 is 2.22 bits per heavy atom. The first-order valence-electron chi connectivity index (χ1n) is 6.52. The van der Waals surface area contributed by atoms with Crippen LogP contribution in [0.3, 0.4) is 0 Å². The smallest absolute Gasteiger partial charge is 0.340 e. The molecule has 0 fully saturated rings. The molecule has 0 aromatic heterocycles. The summed E-state index contributed by atoms with van der Waals surface area (Å²) < 4.78 is 53.7. The number of halogens is 1. The third kappa shape index (κ3) is 4.13. The van der Waals surface area contributed by atoms with Crippen molar-refractivity contribution in [1.29, 1.82) is 0 Å². The van der Waals surface area contributed by atoms with Crippen LogP contribution in [0.4, 0.5) is 0 Å². The van der Waals surface area contributed by atoms with E-state index in [1.165, 1.54) is 12.1 Å². The largest absolute Gasteiger partial charge is 0.379 e. The second-order valence-electron chi connectivity index (χ2n) is 5.17. The van der Waals surface area contributed by atoms with Crippen molar-refractivity contribution in [2.24, 2.45) is 0 Å². The highest BCUT2D eigenvalue weighted by atomic mass is 79.9. The van der Waals surface area contributed by atoms with Crippen molar-refractivity contribution in [3.05, 3.63) is 52.0 Å². The first-order valence-corrected chi connectivity index (χ1v) is 10.6. The Balaban J connectivity index is 2.54. The molecule has 0 bridgehead atoms. The minimum Gasteiger partial charge on any atom is -0.379 e. The number of aryl methyl sites for hydroxylation is 2. The SMILES string of the molecule is Cc1ccc(C)c(OS(=O)(=O)c2cc(S(C)(=O)=O)ccc2Br)c1. The van der Waals surface area contributed by atoms with E-state index in [-0.39, 0.29) is 20.0 Å². The molecule has 5 nitrogen and oxygen atoms in total. The van der Waals surface area contributed by atoms with Gasteiger partial charge in [0.15, 0.2) is 9.84 Å². The number of rotatable bonds is 4. The highest BCUT2D eigenvalue weighted by Crippen LogP contribution is 2.29. The maximum Gasteiger partial charge on any atom is 0.340 e. The fourth-order valence-electron chi connectivity index (χ4n) is 1.87. The molecule has 0 radical (unpaired) electrons. The van der Waals surface area contributed by atoms with Gasteiger partial charge in [-0.15, -0.1) is 0 Å². The lowest BCUT2D eigenvalue weighted by molar-refractivity contribution is 0.483. The van der Waals surface area contributed by atoms with E-state index in [9.17, 15) is 16.8 Å². The van der Waals surface area contributed by atoms with Crippen LogP contribution < -0.4 is 4.18 Å². The van der Waals surface area contributed by atoms with Crippen LogP contribution in [0.25, 0.3) is 0 Å². The van der Waals surface area contributed by atoms with Crippen molar-refractivity contribution in [2.45, 2.75) is 23.6 Å². The van der Waals surface area contributed by atoms with E-state index in [4.69, 9.17) is 4.18 Å². The standard InChI is InChI=1S/C15H15BrO5S2/c1-10-4-5-11(2)14(8-10)21-23(19,20)15-9-12(22(3,17)18)6-7-13(15)16/h4-9H,1-3H3. The quantitative estimate of drug-likeness (QED) is 0.712. The van der Waals surface area contributed by atoms with Gasteiger partial charge in [0, 0.05) is 10.7 Å². The summed E-state index contributed by atoms with van der Waals surface area (Å²) in [5.41, 5.74) is 1.51. The molecule has 0 aliphatic heterocycles. The van der Waals surface area contributed by atoms with E-state index in [2.05, 4.69) is 15.9 Å². The van der Waals surface area contributed by atoms with Crippen LogP contribution in [0.1, 0.15) is 11.1 Å². The molecule has 2 aromatic carbocycles. The second kappa shape index (κ2) is 6.26.